The molecule has 0 spiro atoms. The second-order valence-electron chi connectivity index (χ2n) is 5.02. The SMILES string of the molecule is CCCCN(CC)C(CC)C(=O)Nc1cccc(N)c1. The largest absolute Gasteiger partial charge is 0.399 e. The summed E-state index contributed by atoms with van der Waals surface area (Å²) in [6, 6.07) is 7.23. The fraction of sp³-hybridized carbons (Fsp3) is 0.562. The summed E-state index contributed by atoms with van der Waals surface area (Å²) in [4.78, 5) is 14.7. The van der Waals surface area contributed by atoms with E-state index >= 15 is 0 Å². The molecule has 0 aliphatic heterocycles. The Morgan fingerprint density at radius 2 is 2.10 bits per heavy atom. The number of nitrogens with two attached hydrogens (primary N) is 1. The van der Waals surface area contributed by atoms with Crippen molar-refractivity contribution in [2.75, 3.05) is 24.1 Å². The smallest absolute Gasteiger partial charge is 0.241 e. The summed E-state index contributed by atoms with van der Waals surface area (Å²) in [5.74, 6) is 0.0519. The Balaban J connectivity index is 2.70. The van der Waals surface area contributed by atoms with Gasteiger partial charge >= 0.3 is 0 Å². The van der Waals surface area contributed by atoms with Gasteiger partial charge < -0.3 is 11.1 Å². The van der Waals surface area contributed by atoms with Crippen molar-refractivity contribution in [1.82, 2.24) is 4.90 Å². The molecule has 1 unspecified atom stereocenters. The van der Waals surface area contributed by atoms with Gasteiger partial charge in [0.05, 0.1) is 6.04 Å². The molecule has 0 saturated heterocycles. The second-order valence-corrected chi connectivity index (χ2v) is 5.02. The molecule has 1 aromatic carbocycles. The highest BCUT2D eigenvalue weighted by molar-refractivity contribution is 5.95. The van der Waals surface area contributed by atoms with Crippen molar-refractivity contribution in [2.45, 2.75) is 46.1 Å². The van der Waals surface area contributed by atoms with Gasteiger partial charge in [0.1, 0.15) is 0 Å². The number of carbonyl (C=O) groups is 1. The van der Waals surface area contributed by atoms with Gasteiger partial charge in [-0.15, -0.1) is 0 Å². The maximum Gasteiger partial charge on any atom is 0.241 e. The first kappa shape index (κ1) is 16.5. The van der Waals surface area contributed by atoms with Crippen LogP contribution in [0.15, 0.2) is 24.3 Å². The molecule has 112 valence electrons. The van der Waals surface area contributed by atoms with Crippen LogP contribution in [0.2, 0.25) is 0 Å². The highest BCUT2D eigenvalue weighted by Gasteiger charge is 2.22. The maximum atomic E-state index is 12.4. The van der Waals surface area contributed by atoms with Gasteiger partial charge in [0.15, 0.2) is 0 Å². The zero-order valence-electron chi connectivity index (χ0n) is 12.9. The molecule has 0 aromatic heterocycles. The third kappa shape index (κ3) is 4.85. The number of likely N-dealkylation sites (N-methyl/N-ethyl adjacent to an activating group) is 1. The highest BCUT2D eigenvalue weighted by atomic mass is 16.2. The molecule has 1 amide bonds. The first-order valence-electron chi connectivity index (χ1n) is 7.52. The fourth-order valence-electron chi connectivity index (χ4n) is 2.35. The molecule has 0 aliphatic rings. The van der Waals surface area contributed by atoms with Crippen molar-refractivity contribution in [3.63, 3.8) is 0 Å². The summed E-state index contributed by atoms with van der Waals surface area (Å²) >= 11 is 0. The number of nitrogens with zero attached hydrogens (tertiary/aromatic N) is 1. The first-order chi connectivity index (χ1) is 9.62. The summed E-state index contributed by atoms with van der Waals surface area (Å²) in [6.45, 7) is 8.19. The molecule has 4 heteroatoms. The van der Waals surface area contributed by atoms with Crippen LogP contribution in [0.4, 0.5) is 11.4 Å². The number of hydrogen-bond acceptors (Lipinski definition) is 3. The number of amides is 1. The molecule has 0 heterocycles. The summed E-state index contributed by atoms with van der Waals surface area (Å²) in [5.41, 5.74) is 7.16. The zero-order valence-corrected chi connectivity index (χ0v) is 12.9. The lowest BCUT2D eigenvalue weighted by Gasteiger charge is -2.28. The van der Waals surface area contributed by atoms with E-state index in [0.29, 0.717) is 5.69 Å². The Hall–Kier alpha value is -1.55. The molecule has 20 heavy (non-hydrogen) atoms. The number of carbonyl (C=O) groups excluding carboxylic acids is 1. The van der Waals surface area contributed by atoms with E-state index in [-0.39, 0.29) is 11.9 Å². The van der Waals surface area contributed by atoms with Crippen LogP contribution in [-0.4, -0.2) is 29.9 Å². The number of benzene rings is 1. The van der Waals surface area contributed by atoms with E-state index in [0.717, 1.165) is 38.0 Å². The minimum Gasteiger partial charge on any atom is -0.399 e. The monoisotopic (exact) mass is 277 g/mol. The van der Waals surface area contributed by atoms with Gasteiger partial charge in [0.25, 0.3) is 0 Å². The Bertz CT molecular complexity index is 420. The van der Waals surface area contributed by atoms with E-state index in [1.165, 1.54) is 0 Å². The van der Waals surface area contributed by atoms with E-state index in [9.17, 15) is 4.79 Å². The molecule has 3 N–H and O–H groups in total. The lowest BCUT2D eigenvalue weighted by molar-refractivity contribution is -0.121. The Labute approximate surface area is 122 Å². The van der Waals surface area contributed by atoms with Crippen molar-refractivity contribution in [1.29, 1.82) is 0 Å². The van der Waals surface area contributed by atoms with Crippen LogP contribution in [0, 0.1) is 0 Å². The second kappa shape index (κ2) is 8.59. The summed E-state index contributed by atoms with van der Waals surface area (Å²) in [7, 11) is 0. The molecule has 1 aromatic rings. The average molecular weight is 277 g/mol. The number of rotatable bonds is 8. The van der Waals surface area contributed by atoms with Gasteiger partial charge in [0, 0.05) is 11.4 Å². The van der Waals surface area contributed by atoms with Crippen LogP contribution in [0.5, 0.6) is 0 Å². The minimum atomic E-state index is -0.0759. The zero-order chi connectivity index (χ0) is 15.0. The van der Waals surface area contributed by atoms with Gasteiger partial charge in [-0.05, 0) is 44.1 Å². The quantitative estimate of drug-likeness (QED) is 0.718. The van der Waals surface area contributed by atoms with Gasteiger partial charge in [-0.1, -0.05) is 33.3 Å². The van der Waals surface area contributed by atoms with Crippen LogP contribution in [-0.2, 0) is 4.79 Å². The molecule has 4 nitrogen and oxygen atoms in total. The molecule has 0 saturated carbocycles. The molecule has 1 atom stereocenters. The normalized spacial score (nSPS) is 12.4. The van der Waals surface area contributed by atoms with Gasteiger partial charge in [-0.3, -0.25) is 9.69 Å². The van der Waals surface area contributed by atoms with Gasteiger partial charge in [0.2, 0.25) is 5.91 Å². The molecule has 0 bridgehead atoms. The van der Waals surface area contributed by atoms with E-state index in [1.54, 1.807) is 6.07 Å². The Morgan fingerprint density at radius 1 is 1.35 bits per heavy atom. The third-order valence-corrected chi connectivity index (χ3v) is 3.49. The Morgan fingerprint density at radius 3 is 2.65 bits per heavy atom. The maximum absolute atomic E-state index is 12.4. The first-order valence-corrected chi connectivity index (χ1v) is 7.52. The highest BCUT2D eigenvalue weighted by Crippen LogP contribution is 2.14. The van der Waals surface area contributed by atoms with E-state index in [4.69, 9.17) is 5.73 Å². The van der Waals surface area contributed by atoms with Crippen LogP contribution < -0.4 is 11.1 Å². The molecule has 0 aliphatic carbocycles. The predicted octanol–water partition coefficient (Wildman–Crippen LogP) is 3.11. The number of anilines is 2. The van der Waals surface area contributed by atoms with Crippen LogP contribution in [0.25, 0.3) is 0 Å². The number of hydrogen-bond donors (Lipinski definition) is 2. The van der Waals surface area contributed by atoms with Crippen molar-refractivity contribution in [3.05, 3.63) is 24.3 Å². The number of nitrogens with one attached hydrogen (secondary N) is 1. The fourth-order valence-corrected chi connectivity index (χ4v) is 2.35. The molecule has 1 rings (SSSR count). The lowest BCUT2D eigenvalue weighted by Crippen LogP contribution is -2.44. The van der Waals surface area contributed by atoms with Crippen LogP contribution in [0.1, 0.15) is 40.0 Å². The van der Waals surface area contributed by atoms with Gasteiger partial charge in [-0.25, -0.2) is 0 Å². The lowest BCUT2D eigenvalue weighted by atomic mass is 10.1. The predicted molar refractivity (Wildman–Crippen MR) is 85.7 cm³/mol. The standard InChI is InChI=1S/C16H27N3O/c1-4-7-11-19(6-3)15(5-2)16(20)18-14-10-8-9-13(17)12-14/h8-10,12,15H,4-7,11,17H2,1-3H3,(H,18,20). The molecule has 0 radical (unpaired) electrons. The average Bonchev–Trinajstić information content (AvgIpc) is 2.43. The van der Waals surface area contributed by atoms with Crippen molar-refractivity contribution in [3.8, 4) is 0 Å². The van der Waals surface area contributed by atoms with Crippen molar-refractivity contribution < 1.29 is 4.79 Å². The van der Waals surface area contributed by atoms with Crippen molar-refractivity contribution in [2.24, 2.45) is 0 Å². The minimum absolute atomic E-state index is 0.0519. The topological polar surface area (TPSA) is 58.4 Å². The molecular formula is C16H27N3O. The summed E-state index contributed by atoms with van der Waals surface area (Å²) in [6.07, 6.45) is 3.07. The third-order valence-electron chi connectivity index (χ3n) is 3.49. The van der Waals surface area contributed by atoms with Gasteiger partial charge in [-0.2, -0.15) is 0 Å². The van der Waals surface area contributed by atoms with E-state index < -0.39 is 0 Å². The van der Waals surface area contributed by atoms with Crippen LogP contribution >= 0.6 is 0 Å². The van der Waals surface area contributed by atoms with E-state index in [1.807, 2.05) is 18.2 Å². The summed E-state index contributed by atoms with van der Waals surface area (Å²) < 4.78 is 0. The number of unbranched alkanes of at least 4 members (excludes halogenated alkanes) is 1. The van der Waals surface area contributed by atoms with E-state index in [2.05, 4.69) is 31.0 Å². The Kier molecular flexibility index (Phi) is 7.09. The van der Waals surface area contributed by atoms with Crippen LogP contribution in [0.3, 0.4) is 0 Å². The summed E-state index contributed by atoms with van der Waals surface area (Å²) in [5, 5.41) is 2.96. The van der Waals surface area contributed by atoms with Crippen molar-refractivity contribution >= 4 is 17.3 Å². The molecular weight excluding hydrogens is 250 g/mol. The molecule has 0 fully saturated rings. The number of nitrogen functional groups attached to an aromatic ring is 1.